The van der Waals surface area contributed by atoms with E-state index in [1.807, 2.05) is 6.20 Å². The van der Waals surface area contributed by atoms with Crippen molar-refractivity contribution < 1.29 is 4.74 Å². The van der Waals surface area contributed by atoms with Gasteiger partial charge in [0.25, 0.3) is 0 Å². The van der Waals surface area contributed by atoms with Gasteiger partial charge >= 0.3 is 0 Å². The van der Waals surface area contributed by atoms with Crippen molar-refractivity contribution in [2.75, 3.05) is 6.61 Å². The Morgan fingerprint density at radius 2 is 2.31 bits per heavy atom. The molecule has 2 heterocycles. The van der Waals surface area contributed by atoms with Gasteiger partial charge < -0.3 is 4.74 Å². The van der Waals surface area contributed by atoms with Gasteiger partial charge in [0.2, 0.25) is 0 Å². The predicted molar refractivity (Wildman–Crippen MR) is 51.7 cm³/mol. The van der Waals surface area contributed by atoms with Gasteiger partial charge in [-0.05, 0) is 23.5 Å². The molecule has 0 unspecified atom stereocenters. The maximum atomic E-state index is 5.33. The summed E-state index contributed by atoms with van der Waals surface area (Å²) in [5.74, 6) is 0.570. The maximum absolute atomic E-state index is 5.33. The molecule has 2 rings (SSSR count). The van der Waals surface area contributed by atoms with Gasteiger partial charge in [-0.1, -0.05) is 19.9 Å². The fraction of sp³-hybridized carbons (Fsp3) is 0.545. The second kappa shape index (κ2) is 3.46. The Hall–Kier alpha value is -0.890. The van der Waals surface area contributed by atoms with E-state index < -0.39 is 0 Å². The Balaban J connectivity index is 2.35. The van der Waals surface area contributed by atoms with E-state index in [0.717, 1.165) is 18.7 Å². The average Bonchev–Trinajstić information content (AvgIpc) is 2.17. The largest absolute Gasteiger partial charge is 0.375 e. The van der Waals surface area contributed by atoms with E-state index in [4.69, 9.17) is 4.74 Å². The predicted octanol–water partition coefficient (Wildman–Crippen LogP) is 2.28. The Bertz CT molecular complexity index is 307. The number of aromatic nitrogens is 1. The monoisotopic (exact) mass is 177 g/mol. The van der Waals surface area contributed by atoms with Crippen molar-refractivity contribution in [3.63, 3.8) is 0 Å². The summed E-state index contributed by atoms with van der Waals surface area (Å²) in [4.78, 5) is 4.42. The summed E-state index contributed by atoms with van der Waals surface area (Å²) in [6.45, 7) is 5.93. The van der Waals surface area contributed by atoms with E-state index in [1.54, 1.807) is 0 Å². The highest BCUT2D eigenvalue weighted by Crippen LogP contribution is 2.20. The van der Waals surface area contributed by atoms with E-state index in [0.29, 0.717) is 12.5 Å². The molecule has 0 aliphatic carbocycles. The molecule has 1 aromatic heterocycles. The van der Waals surface area contributed by atoms with Crippen LogP contribution in [0.15, 0.2) is 12.3 Å². The zero-order chi connectivity index (χ0) is 9.26. The lowest BCUT2D eigenvalue weighted by Crippen LogP contribution is -2.12. The van der Waals surface area contributed by atoms with Gasteiger partial charge in [-0.3, -0.25) is 4.98 Å². The van der Waals surface area contributed by atoms with Gasteiger partial charge in [-0.25, -0.2) is 0 Å². The first-order chi connectivity index (χ1) is 6.27. The minimum absolute atomic E-state index is 0.570. The molecule has 70 valence electrons. The molecule has 2 heteroatoms. The Labute approximate surface area is 78.9 Å². The number of rotatable bonds is 1. The normalized spacial score (nSPS) is 15.9. The van der Waals surface area contributed by atoms with E-state index in [1.165, 1.54) is 11.1 Å². The molecular weight excluding hydrogens is 162 g/mol. The van der Waals surface area contributed by atoms with Gasteiger partial charge in [0, 0.05) is 6.20 Å². The molecular formula is C11H15NO. The van der Waals surface area contributed by atoms with Crippen molar-refractivity contribution in [3.05, 3.63) is 29.1 Å². The molecule has 0 N–H and O–H groups in total. The van der Waals surface area contributed by atoms with Crippen LogP contribution in [0.1, 0.15) is 36.6 Å². The molecule has 0 radical (unpaired) electrons. The zero-order valence-corrected chi connectivity index (χ0v) is 8.21. The lowest BCUT2D eigenvalue weighted by molar-refractivity contribution is 0.107. The van der Waals surface area contributed by atoms with Gasteiger partial charge in [-0.2, -0.15) is 0 Å². The standard InChI is InChI=1S/C11H15NO/c1-8(2)10-5-9-3-4-13-7-11(9)12-6-10/h5-6,8H,3-4,7H2,1-2H3. The second-order valence-corrected chi connectivity index (χ2v) is 3.83. The summed E-state index contributed by atoms with van der Waals surface area (Å²) in [5, 5.41) is 0. The summed E-state index contributed by atoms with van der Waals surface area (Å²) in [6, 6.07) is 2.27. The maximum Gasteiger partial charge on any atom is 0.0890 e. The third kappa shape index (κ3) is 1.73. The minimum atomic E-state index is 0.570. The molecule has 1 aliphatic rings. The van der Waals surface area contributed by atoms with Crippen molar-refractivity contribution in [1.29, 1.82) is 0 Å². The van der Waals surface area contributed by atoms with Crippen molar-refractivity contribution in [3.8, 4) is 0 Å². The number of nitrogens with zero attached hydrogens (tertiary/aromatic N) is 1. The Kier molecular flexibility index (Phi) is 2.32. The van der Waals surface area contributed by atoms with Crippen LogP contribution in [0.5, 0.6) is 0 Å². The second-order valence-electron chi connectivity index (χ2n) is 3.83. The molecule has 0 saturated heterocycles. The highest BCUT2D eigenvalue weighted by Gasteiger charge is 2.11. The van der Waals surface area contributed by atoms with Crippen molar-refractivity contribution in [2.45, 2.75) is 32.8 Å². The van der Waals surface area contributed by atoms with Crippen molar-refractivity contribution >= 4 is 0 Å². The van der Waals surface area contributed by atoms with Gasteiger partial charge in [0.15, 0.2) is 0 Å². The van der Waals surface area contributed by atoms with Crippen LogP contribution in [-0.2, 0) is 17.8 Å². The number of hydrogen-bond donors (Lipinski definition) is 0. The topological polar surface area (TPSA) is 22.1 Å². The summed E-state index contributed by atoms with van der Waals surface area (Å²) in [7, 11) is 0. The van der Waals surface area contributed by atoms with Crippen LogP contribution >= 0.6 is 0 Å². The average molecular weight is 177 g/mol. The third-order valence-corrected chi connectivity index (χ3v) is 2.50. The smallest absolute Gasteiger partial charge is 0.0890 e. The van der Waals surface area contributed by atoms with Crippen molar-refractivity contribution in [1.82, 2.24) is 4.98 Å². The molecule has 0 spiro atoms. The molecule has 1 aromatic rings. The molecule has 0 fully saturated rings. The first-order valence-electron chi connectivity index (χ1n) is 4.83. The van der Waals surface area contributed by atoms with E-state index in [-0.39, 0.29) is 0 Å². The van der Waals surface area contributed by atoms with Crippen LogP contribution in [-0.4, -0.2) is 11.6 Å². The third-order valence-electron chi connectivity index (χ3n) is 2.50. The highest BCUT2D eigenvalue weighted by molar-refractivity contribution is 5.28. The first-order valence-corrected chi connectivity index (χ1v) is 4.83. The Morgan fingerprint density at radius 3 is 3.08 bits per heavy atom. The van der Waals surface area contributed by atoms with Crippen LogP contribution in [0.25, 0.3) is 0 Å². The van der Waals surface area contributed by atoms with Crippen LogP contribution in [0.4, 0.5) is 0 Å². The fourth-order valence-electron chi connectivity index (χ4n) is 1.57. The van der Waals surface area contributed by atoms with Crippen LogP contribution < -0.4 is 0 Å². The van der Waals surface area contributed by atoms with Crippen LogP contribution in [0, 0.1) is 0 Å². The summed E-state index contributed by atoms with van der Waals surface area (Å²) in [6.07, 6.45) is 2.99. The molecule has 2 nitrogen and oxygen atoms in total. The number of ether oxygens (including phenoxy) is 1. The quantitative estimate of drug-likeness (QED) is 0.656. The summed E-state index contributed by atoms with van der Waals surface area (Å²) in [5.41, 5.74) is 3.83. The molecule has 13 heavy (non-hydrogen) atoms. The van der Waals surface area contributed by atoms with E-state index >= 15 is 0 Å². The molecule has 0 amide bonds. The Morgan fingerprint density at radius 1 is 1.46 bits per heavy atom. The van der Waals surface area contributed by atoms with E-state index in [9.17, 15) is 0 Å². The van der Waals surface area contributed by atoms with Crippen LogP contribution in [0.2, 0.25) is 0 Å². The minimum Gasteiger partial charge on any atom is -0.375 e. The lowest BCUT2D eigenvalue weighted by atomic mass is 10.0. The molecule has 0 atom stereocenters. The SMILES string of the molecule is CC(C)c1cnc2c(c1)CCOC2. The van der Waals surface area contributed by atoms with Gasteiger partial charge in [0.1, 0.15) is 0 Å². The molecule has 0 aromatic carbocycles. The fourth-order valence-corrected chi connectivity index (χ4v) is 1.57. The molecule has 0 saturated carbocycles. The van der Waals surface area contributed by atoms with Crippen LogP contribution in [0.3, 0.4) is 0 Å². The van der Waals surface area contributed by atoms with Gasteiger partial charge in [-0.15, -0.1) is 0 Å². The molecule has 0 bridgehead atoms. The number of pyridine rings is 1. The van der Waals surface area contributed by atoms with Crippen molar-refractivity contribution in [2.24, 2.45) is 0 Å². The number of hydrogen-bond acceptors (Lipinski definition) is 2. The van der Waals surface area contributed by atoms with E-state index in [2.05, 4.69) is 24.9 Å². The van der Waals surface area contributed by atoms with Gasteiger partial charge in [0.05, 0.1) is 18.9 Å². The summed E-state index contributed by atoms with van der Waals surface area (Å²) >= 11 is 0. The zero-order valence-electron chi connectivity index (χ0n) is 8.21. The number of fused-ring (bicyclic) bond motifs is 1. The highest BCUT2D eigenvalue weighted by atomic mass is 16.5. The first kappa shape index (κ1) is 8.70. The summed E-state index contributed by atoms with van der Waals surface area (Å²) < 4.78 is 5.33. The lowest BCUT2D eigenvalue weighted by Gasteiger charge is -2.17. The molecule has 1 aliphatic heterocycles.